The lowest BCUT2D eigenvalue weighted by molar-refractivity contribution is -0.137. The Morgan fingerprint density at radius 2 is 1.73 bits per heavy atom. The van der Waals surface area contributed by atoms with Crippen LogP contribution in [0, 0.1) is 11.8 Å². The molecular formula is C15H17F3N2O2. The summed E-state index contributed by atoms with van der Waals surface area (Å²) in [6.45, 7) is 3.60. The molecule has 0 radical (unpaired) electrons. The number of carbonyl (C=O) groups excluding carboxylic acids is 2. The lowest BCUT2D eigenvalue weighted by Crippen LogP contribution is -2.32. The van der Waals surface area contributed by atoms with Crippen molar-refractivity contribution in [3.63, 3.8) is 0 Å². The fourth-order valence-electron chi connectivity index (χ4n) is 2.23. The van der Waals surface area contributed by atoms with Crippen molar-refractivity contribution in [3.05, 3.63) is 29.8 Å². The second-order valence-electron chi connectivity index (χ2n) is 5.64. The Morgan fingerprint density at radius 3 is 2.32 bits per heavy atom. The van der Waals surface area contributed by atoms with Crippen LogP contribution in [-0.4, -0.2) is 17.9 Å². The highest BCUT2D eigenvalue weighted by molar-refractivity contribution is 6.00. The Kier molecular flexibility index (Phi) is 4.44. The van der Waals surface area contributed by atoms with Gasteiger partial charge < -0.3 is 10.6 Å². The van der Waals surface area contributed by atoms with Gasteiger partial charge in [0.15, 0.2) is 0 Å². The molecule has 0 heterocycles. The van der Waals surface area contributed by atoms with Crippen LogP contribution in [0.3, 0.4) is 0 Å². The van der Waals surface area contributed by atoms with Crippen molar-refractivity contribution in [1.29, 1.82) is 0 Å². The minimum absolute atomic E-state index is 0.0391. The topological polar surface area (TPSA) is 58.2 Å². The number of alkyl halides is 3. The van der Waals surface area contributed by atoms with Gasteiger partial charge in [-0.2, -0.15) is 13.2 Å². The molecule has 0 saturated heterocycles. The lowest BCUT2D eigenvalue weighted by atomic mass is 10.1. The van der Waals surface area contributed by atoms with Gasteiger partial charge in [-0.15, -0.1) is 0 Å². The Morgan fingerprint density at radius 1 is 1.14 bits per heavy atom. The Balaban J connectivity index is 2.02. The van der Waals surface area contributed by atoms with E-state index in [-0.39, 0.29) is 17.6 Å². The van der Waals surface area contributed by atoms with Crippen LogP contribution in [0.15, 0.2) is 24.3 Å². The predicted octanol–water partition coefficient (Wildman–Crippen LogP) is 2.80. The molecule has 22 heavy (non-hydrogen) atoms. The van der Waals surface area contributed by atoms with E-state index >= 15 is 0 Å². The molecule has 2 N–H and O–H groups in total. The zero-order valence-corrected chi connectivity index (χ0v) is 12.2. The van der Waals surface area contributed by atoms with Gasteiger partial charge in [-0.1, -0.05) is 12.1 Å². The van der Waals surface area contributed by atoms with Crippen molar-refractivity contribution < 1.29 is 22.8 Å². The Bertz CT molecular complexity index is 584. The summed E-state index contributed by atoms with van der Waals surface area (Å²) in [5.74, 6) is -1.82. The summed E-state index contributed by atoms with van der Waals surface area (Å²) in [6, 6.07) is 4.75. The van der Waals surface area contributed by atoms with E-state index in [9.17, 15) is 22.8 Å². The van der Waals surface area contributed by atoms with Gasteiger partial charge in [-0.3, -0.25) is 9.59 Å². The van der Waals surface area contributed by atoms with Gasteiger partial charge in [0.2, 0.25) is 11.8 Å². The second-order valence-corrected chi connectivity index (χ2v) is 5.64. The molecule has 0 bridgehead atoms. The lowest BCUT2D eigenvalue weighted by Gasteiger charge is -2.13. The maximum absolute atomic E-state index is 12.8. The van der Waals surface area contributed by atoms with E-state index in [2.05, 4.69) is 10.6 Å². The first kappa shape index (κ1) is 16.3. The van der Waals surface area contributed by atoms with Crippen LogP contribution < -0.4 is 10.6 Å². The molecule has 2 rings (SSSR count). The monoisotopic (exact) mass is 314 g/mol. The molecule has 120 valence electrons. The first-order valence-corrected chi connectivity index (χ1v) is 6.97. The van der Waals surface area contributed by atoms with Gasteiger partial charge in [0.1, 0.15) is 0 Å². The fraction of sp³-hybridized carbons (Fsp3) is 0.467. The smallest absolute Gasteiger partial charge is 0.354 e. The van der Waals surface area contributed by atoms with Gasteiger partial charge in [-0.25, -0.2) is 0 Å². The average Bonchev–Trinajstić information content (AvgIpc) is 3.17. The molecule has 2 amide bonds. The van der Waals surface area contributed by atoms with Gasteiger partial charge in [0.25, 0.3) is 0 Å². The third-order valence-electron chi connectivity index (χ3n) is 3.39. The summed E-state index contributed by atoms with van der Waals surface area (Å²) in [6.07, 6.45) is -4.18. The molecule has 2 unspecified atom stereocenters. The molecule has 4 nitrogen and oxygen atoms in total. The summed E-state index contributed by atoms with van der Waals surface area (Å²) >= 11 is 0. The van der Waals surface area contributed by atoms with Crippen molar-refractivity contribution in [2.75, 3.05) is 5.32 Å². The molecule has 0 aromatic heterocycles. The molecule has 0 aliphatic heterocycles. The van der Waals surface area contributed by atoms with Gasteiger partial charge >= 0.3 is 6.18 Å². The average molecular weight is 314 g/mol. The number of nitrogens with one attached hydrogen (secondary N) is 2. The number of para-hydroxylation sites is 1. The van der Waals surface area contributed by atoms with Crippen LogP contribution in [0.25, 0.3) is 0 Å². The van der Waals surface area contributed by atoms with Crippen LogP contribution in [-0.2, 0) is 15.8 Å². The van der Waals surface area contributed by atoms with Crippen molar-refractivity contribution >= 4 is 17.5 Å². The zero-order chi connectivity index (χ0) is 16.5. The van der Waals surface area contributed by atoms with Crippen LogP contribution in [0.1, 0.15) is 25.8 Å². The third kappa shape index (κ3) is 3.78. The quantitative estimate of drug-likeness (QED) is 0.898. The summed E-state index contributed by atoms with van der Waals surface area (Å²) < 4.78 is 38.5. The molecule has 1 saturated carbocycles. The highest BCUT2D eigenvalue weighted by Crippen LogP contribution is 2.41. The minimum atomic E-state index is -4.54. The van der Waals surface area contributed by atoms with Crippen LogP contribution >= 0.6 is 0 Å². The molecule has 1 aromatic carbocycles. The fourth-order valence-corrected chi connectivity index (χ4v) is 2.23. The Labute approximate surface area is 126 Å². The highest BCUT2D eigenvalue weighted by atomic mass is 19.4. The normalized spacial score (nSPS) is 20.6. The predicted molar refractivity (Wildman–Crippen MR) is 74.9 cm³/mol. The summed E-state index contributed by atoms with van der Waals surface area (Å²) in [5.41, 5.74) is -1.18. The van der Waals surface area contributed by atoms with E-state index in [1.165, 1.54) is 18.2 Å². The van der Waals surface area contributed by atoms with E-state index in [4.69, 9.17) is 0 Å². The number of hydrogen-bond acceptors (Lipinski definition) is 2. The van der Waals surface area contributed by atoms with E-state index in [1.807, 2.05) is 0 Å². The number of halogens is 3. The number of amides is 2. The maximum Gasteiger partial charge on any atom is 0.418 e. The van der Waals surface area contributed by atoms with E-state index in [1.54, 1.807) is 13.8 Å². The number of hydrogen-bond donors (Lipinski definition) is 2. The second kappa shape index (κ2) is 5.98. The summed E-state index contributed by atoms with van der Waals surface area (Å²) in [5, 5.41) is 4.97. The number of anilines is 1. The van der Waals surface area contributed by atoms with E-state index in [0.29, 0.717) is 6.42 Å². The van der Waals surface area contributed by atoms with Crippen LogP contribution in [0.2, 0.25) is 0 Å². The van der Waals surface area contributed by atoms with Gasteiger partial charge in [0.05, 0.1) is 23.1 Å². The minimum Gasteiger partial charge on any atom is -0.354 e. The number of benzene rings is 1. The molecule has 1 aliphatic rings. The zero-order valence-electron chi connectivity index (χ0n) is 12.2. The molecule has 0 spiro atoms. The molecule has 1 aromatic rings. The summed E-state index contributed by atoms with van der Waals surface area (Å²) in [4.78, 5) is 23.7. The SMILES string of the molecule is CC(C)NC(=O)C1CC1C(=O)Nc1ccccc1C(F)(F)F. The molecular weight excluding hydrogens is 297 g/mol. The number of carbonyl (C=O) groups is 2. The largest absolute Gasteiger partial charge is 0.418 e. The van der Waals surface area contributed by atoms with Crippen LogP contribution in [0.5, 0.6) is 0 Å². The summed E-state index contributed by atoms with van der Waals surface area (Å²) in [7, 11) is 0. The molecule has 7 heteroatoms. The van der Waals surface area contributed by atoms with E-state index < -0.39 is 29.5 Å². The van der Waals surface area contributed by atoms with Gasteiger partial charge in [0, 0.05) is 6.04 Å². The van der Waals surface area contributed by atoms with Crippen LogP contribution in [0.4, 0.5) is 18.9 Å². The molecule has 1 aliphatic carbocycles. The van der Waals surface area contributed by atoms with Gasteiger partial charge in [-0.05, 0) is 32.4 Å². The van der Waals surface area contributed by atoms with E-state index in [0.717, 1.165) is 6.07 Å². The van der Waals surface area contributed by atoms with Crippen molar-refractivity contribution in [2.24, 2.45) is 11.8 Å². The first-order valence-electron chi connectivity index (χ1n) is 6.97. The third-order valence-corrected chi connectivity index (χ3v) is 3.39. The standard InChI is InChI=1S/C15H17F3N2O2/c1-8(2)19-13(21)9-7-10(9)14(22)20-12-6-4-3-5-11(12)15(16,17)18/h3-6,8-10H,7H2,1-2H3,(H,19,21)(H,20,22). The Hall–Kier alpha value is -2.05. The maximum atomic E-state index is 12.8. The molecule has 1 fully saturated rings. The first-order chi connectivity index (χ1) is 10.2. The highest BCUT2D eigenvalue weighted by Gasteiger charge is 2.48. The van der Waals surface area contributed by atoms with Crippen molar-refractivity contribution in [1.82, 2.24) is 5.32 Å². The van der Waals surface area contributed by atoms with Crippen molar-refractivity contribution in [2.45, 2.75) is 32.5 Å². The van der Waals surface area contributed by atoms with Crippen molar-refractivity contribution in [3.8, 4) is 0 Å². The number of rotatable bonds is 4. The molecule has 2 atom stereocenters.